The maximum Gasteiger partial charge on any atom is 0.407 e. The highest BCUT2D eigenvalue weighted by Crippen LogP contribution is 2.49. The highest BCUT2D eigenvalue weighted by molar-refractivity contribution is 5.85. The SMILES string of the molecule is N#CC1(CC(=O)[C@H](CC(F)(F)Cc2ccccc2)N[C@@H](c2ccc(F)cc2)C(F)(F)F)CC1.N#CC1(N)CC1.O=C(O)[C@H](CC(F)(F)Cc1ccccc1)N[C@@H](c1ccc(F)cc1)C(F)(F)F. The van der Waals surface area contributed by atoms with Gasteiger partial charge < -0.3 is 10.8 Å². The summed E-state index contributed by atoms with van der Waals surface area (Å²) in [5, 5.41) is 30.3. The van der Waals surface area contributed by atoms with Crippen LogP contribution in [0, 0.1) is 39.7 Å². The second-order valence-corrected chi connectivity index (χ2v) is 16.6. The van der Waals surface area contributed by atoms with Gasteiger partial charge in [-0.2, -0.15) is 36.9 Å². The summed E-state index contributed by atoms with van der Waals surface area (Å²) < 4.78 is 166. The maximum absolute atomic E-state index is 14.9. The number of carbonyl (C=O) groups excluding carboxylic acids is 1. The number of nitriles is 2. The van der Waals surface area contributed by atoms with Crippen molar-refractivity contribution in [3.8, 4) is 12.1 Å². The van der Waals surface area contributed by atoms with Crippen LogP contribution in [0.5, 0.6) is 0 Å². The third-order valence-electron chi connectivity index (χ3n) is 10.7. The van der Waals surface area contributed by atoms with Crippen molar-refractivity contribution >= 4 is 11.8 Å². The number of hydrogen-bond acceptors (Lipinski definition) is 7. The van der Waals surface area contributed by atoms with E-state index in [-0.39, 0.29) is 11.1 Å². The standard InChI is InChI=1S/C24H22F6N2O.C19H17F6NO2.C4H6N2/c25-18-8-6-17(7-9-18)21(24(28,29)30)32-19(20(33)14-22(15-31)10-11-22)13-23(26,27)12-16-4-2-1-3-5-16;20-14-8-6-13(7-9-14)16(19(23,24)25)26-15(17(27)28)11-18(21,22)10-12-4-2-1-3-5-12;5-3-4(6)1-2-4/h1-9,19,21,32H,10-14H2;1-9,15-16,26H,10-11H2,(H,27,28);1-2,6H2/t19-,21-;15-,16-;/m00./s1. The van der Waals surface area contributed by atoms with Crippen LogP contribution in [0.25, 0.3) is 0 Å². The topological polar surface area (TPSA) is 152 Å². The summed E-state index contributed by atoms with van der Waals surface area (Å²) in [5.41, 5.74) is 3.49. The summed E-state index contributed by atoms with van der Waals surface area (Å²) in [6.45, 7) is 0. The first-order valence-corrected chi connectivity index (χ1v) is 20.5. The van der Waals surface area contributed by atoms with Crippen molar-refractivity contribution in [2.24, 2.45) is 11.1 Å². The Hall–Kier alpha value is -5.96. The zero-order valence-electron chi connectivity index (χ0n) is 35.3. The molecule has 5 N–H and O–H groups in total. The number of nitrogens with one attached hydrogen (secondary N) is 2. The number of hydrogen-bond donors (Lipinski definition) is 4. The third-order valence-corrected chi connectivity index (χ3v) is 10.7. The fourth-order valence-electron chi connectivity index (χ4n) is 6.67. The molecule has 0 aliphatic heterocycles. The predicted octanol–water partition coefficient (Wildman–Crippen LogP) is 10.7. The van der Waals surface area contributed by atoms with E-state index >= 15 is 0 Å². The Morgan fingerprint density at radius 2 is 0.970 bits per heavy atom. The van der Waals surface area contributed by atoms with E-state index in [0.29, 0.717) is 12.8 Å². The lowest BCUT2D eigenvalue weighted by Gasteiger charge is -2.30. The number of aliphatic carboxylic acids is 1. The van der Waals surface area contributed by atoms with E-state index in [2.05, 4.69) is 5.32 Å². The molecule has 4 aromatic carbocycles. The first-order chi connectivity index (χ1) is 31.2. The lowest BCUT2D eigenvalue weighted by molar-refractivity contribution is -0.166. The van der Waals surface area contributed by atoms with Crippen LogP contribution in [0.4, 0.5) is 52.7 Å². The highest BCUT2D eigenvalue weighted by Gasteiger charge is 2.50. The molecule has 0 spiro atoms. The van der Waals surface area contributed by atoms with Gasteiger partial charge in [0.25, 0.3) is 11.8 Å². The summed E-state index contributed by atoms with van der Waals surface area (Å²) in [6, 6.07) is 16.7. The molecule has 20 heteroatoms. The minimum absolute atomic E-state index is 0.225. The summed E-state index contributed by atoms with van der Waals surface area (Å²) in [6.07, 6.45) is -11.8. The monoisotopic (exact) mass is 955 g/mol. The molecule has 2 fully saturated rings. The molecule has 0 heterocycles. The van der Waals surface area contributed by atoms with Crippen LogP contribution in [0.2, 0.25) is 0 Å². The van der Waals surface area contributed by atoms with Crippen molar-refractivity contribution in [1.29, 1.82) is 10.5 Å². The zero-order chi connectivity index (χ0) is 49.8. The average Bonchev–Trinajstić information content (AvgIpc) is 4.19. The van der Waals surface area contributed by atoms with Crippen molar-refractivity contribution < 1.29 is 67.4 Å². The molecule has 0 unspecified atom stereocenters. The summed E-state index contributed by atoms with van der Waals surface area (Å²) in [5.74, 6) is -11.3. The molecule has 4 atom stereocenters. The molecule has 2 aliphatic carbocycles. The molecule has 0 amide bonds. The Kier molecular flexibility index (Phi) is 17.8. The Bertz CT molecular complexity index is 2310. The Morgan fingerprint density at radius 3 is 1.27 bits per heavy atom. The summed E-state index contributed by atoms with van der Waals surface area (Å²) in [4.78, 5) is 24.2. The fraction of sp³-hybridized carbons (Fsp3) is 0.404. The number of alkyl halides is 10. The highest BCUT2D eigenvalue weighted by atomic mass is 19.4. The van der Waals surface area contributed by atoms with Crippen molar-refractivity contribution in [2.75, 3.05) is 0 Å². The van der Waals surface area contributed by atoms with E-state index in [1.165, 1.54) is 36.4 Å². The van der Waals surface area contributed by atoms with Gasteiger partial charge in [0.15, 0.2) is 5.78 Å². The van der Waals surface area contributed by atoms with E-state index in [1.54, 1.807) is 29.6 Å². The van der Waals surface area contributed by atoms with Crippen LogP contribution in [0.1, 0.15) is 79.3 Å². The Labute approximate surface area is 377 Å². The van der Waals surface area contributed by atoms with Crippen LogP contribution >= 0.6 is 0 Å². The molecular weight excluding hydrogens is 911 g/mol. The molecule has 2 saturated carbocycles. The third kappa shape index (κ3) is 17.7. The van der Waals surface area contributed by atoms with Crippen molar-refractivity contribution in [1.82, 2.24) is 10.6 Å². The van der Waals surface area contributed by atoms with Gasteiger partial charge in [0, 0.05) is 32.1 Å². The first kappa shape index (κ1) is 53.7. The molecule has 0 aromatic heterocycles. The molecular formula is C47H45F12N5O3. The summed E-state index contributed by atoms with van der Waals surface area (Å²) in [7, 11) is 0. The summed E-state index contributed by atoms with van der Waals surface area (Å²) >= 11 is 0. The van der Waals surface area contributed by atoms with Crippen molar-refractivity contribution in [3.05, 3.63) is 143 Å². The number of ketones is 1. The molecule has 67 heavy (non-hydrogen) atoms. The van der Waals surface area contributed by atoms with E-state index in [0.717, 1.165) is 61.4 Å². The number of carbonyl (C=O) groups is 2. The second kappa shape index (κ2) is 22.2. The zero-order valence-corrected chi connectivity index (χ0v) is 35.3. The second-order valence-electron chi connectivity index (χ2n) is 16.6. The van der Waals surface area contributed by atoms with Crippen LogP contribution in [0.3, 0.4) is 0 Å². The smallest absolute Gasteiger partial charge is 0.407 e. The van der Waals surface area contributed by atoms with E-state index in [1.807, 2.05) is 12.1 Å². The quantitative estimate of drug-likeness (QED) is 0.0720. The van der Waals surface area contributed by atoms with Gasteiger partial charge >= 0.3 is 18.3 Å². The van der Waals surface area contributed by atoms with Gasteiger partial charge in [0.2, 0.25) is 0 Å². The van der Waals surface area contributed by atoms with Gasteiger partial charge in [-0.1, -0.05) is 84.9 Å². The minimum atomic E-state index is -4.97. The average molecular weight is 956 g/mol. The van der Waals surface area contributed by atoms with E-state index < -0.39 is 126 Å². The normalized spacial score (nSPS) is 16.8. The number of halogens is 12. The number of nitrogens with two attached hydrogens (primary N) is 1. The van der Waals surface area contributed by atoms with Gasteiger partial charge in [-0.15, -0.1) is 0 Å². The van der Waals surface area contributed by atoms with Crippen LogP contribution < -0.4 is 16.4 Å². The molecule has 6 rings (SSSR count). The number of rotatable bonds is 18. The molecule has 0 radical (unpaired) electrons. The number of carboxylic acids is 1. The fourth-order valence-corrected chi connectivity index (χ4v) is 6.67. The first-order valence-electron chi connectivity index (χ1n) is 20.5. The number of Topliss-reactive ketones (excluding diaryl/α,β-unsaturated/α-hetero) is 1. The molecule has 0 bridgehead atoms. The molecule has 8 nitrogen and oxygen atoms in total. The lowest BCUT2D eigenvalue weighted by Crippen LogP contribution is -2.48. The molecule has 0 saturated heterocycles. The van der Waals surface area contributed by atoms with E-state index in [4.69, 9.17) is 11.0 Å². The van der Waals surface area contributed by atoms with Crippen molar-refractivity contribution in [3.63, 3.8) is 0 Å². The van der Waals surface area contributed by atoms with E-state index in [9.17, 15) is 72.6 Å². The number of benzene rings is 4. The number of carboxylic acid groups (broad SMARTS) is 1. The van der Waals surface area contributed by atoms with Gasteiger partial charge in [-0.25, -0.2) is 26.3 Å². The largest absolute Gasteiger partial charge is 0.480 e. The van der Waals surface area contributed by atoms with Crippen LogP contribution in [-0.4, -0.2) is 58.7 Å². The van der Waals surface area contributed by atoms with Gasteiger partial charge in [-0.3, -0.25) is 20.2 Å². The minimum Gasteiger partial charge on any atom is -0.480 e. The Morgan fingerprint density at radius 1 is 0.597 bits per heavy atom. The number of nitrogens with zero attached hydrogens (tertiary/aromatic N) is 2. The lowest BCUT2D eigenvalue weighted by atomic mass is 9.91. The molecule has 2 aliphatic rings. The van der Waals surface area contributed by atoms with Gasteiger partial charge in [-0.05, 0) is 72.2 Å². The van der Waals surface area contributed by atoms with Crippen molar-refractivity contribution in [2.45, 2.75) is 112 Å². The van der Waals surface area contributed by atoms with Crippen LogP contribution in [0.15, 0.2) is 109 Å². The predicted molar refractivity (Wildman–Crippen MR) is 220 cm³/mol. The molecule has 4 aromatic rings. The maximum atomic E-state index is 14.9. The Balaban J connectivity index is 0.000000262. The van der Waals surface area contributed by atoms with Gasteiger partial charge in [0.1, 0.15) is 35.3 Å². The molecule has 360 valence electrons. The van der Waals surface area contributed by atoms with Gasteiger partial charge in [0.05, 0.1) is 23.6 Å². The van der Waals surface area contributed by atoms with Crippen LogP contribution in [-0.2, 0) is 22.4 Å².